The Morgan fingerprint density at radius 3 is 1.47 bits per heavy atom. The molecule has 0 aliphatic carbocycles. The highest BCUT2D eigenvalue weighted by Gasteiger charge is 2.32. The molecule has 2 amide bonds. The van der Waals surface area contributed by atoms with Crippen LogP contribution < -0.4 is 5.73 Å². The summed E-state index contributed by atoms with van der Waals surface area (Å²) in [6, 6.07) is 0. The van der Waals surface area contributed by atoms with Crippen molar-refractivity contribution >= 4 is 28.6 Å². The molecule has 0 bridgehead atoms. The van der Waals surface area contributed by atoms with Gasteiger partial charge in [0.15, 0.2) is 0 Å². The van der Waals surface area contributed by atoms with E-state index in [4.69, 9.17) is 15.2 Å². The molecule has 0 aromatic carbocycles. The molecule has 0 unspecified atom stereocenters. The molecule has 0 radical (unpaired) electrons. The molecule has 0 aromatic heterocycles. The summed E-state index contributed by atoms with van der Waals surface area (Å²) < 4.78 is 10.3. The van der Waals surface area contributed by atoms with Crippen LogP contribution in [0.1, 0.15) is 41.5 Å². The Labute approximate surface area is 118 Å². The number of carbonyl (C=O) groups is 2. The fourth-order valence-corrected chi connectivity index (χ4v) is 1.34. The number of rotatable bonds is 0. The first-order valence-corrected chi connectivity index (χ1v) is 7.20. The average molecular weight is 292 g/mol. The van der Waals surface area contributed by atoms with Crippen molar-refractivity contribution in [3.05, 3.63) is 0 Å². The molecule has 6 nitrogen and oxygen atoms in total. The van der Waals surface area contributed by atoms with Gasteiger partial charge < -0.3 is 9.47 Å². The van der Waals surface area contributed by atoms with Crippen LogP contribution in [0.3, 0.4) is 0 Å². The molecule has 0 aromatic rings. The normalized spacial score (nSPS) is 13.4. The Kier molecular flexibility index (Phi) is 6.02. The van der Waals surface area contributed by atoms with Crippen molar-refractivity contribution in [2.75, 3.05) is 6.26 Å². The first-order valence-electron chi connectivity index (χ1n) is 5.86. The van der Waals surface area contributed by atoms with E-state index >= 15 is 0 Å². The minimum Gasteiger partial charge on any atom is -0.443 e. The van der Waals surface area contributed by atoms with Crippen LogP contribution in [0.15, 0.2) is 0 Å². The molecule has 0 saturated carbocycles. The topological polar surface area (TPSA) is 81.9 Å². The number of thiol groups is 1. The van der Waals surface area contributed by atoms with E-state index in [0.29, 0.717) is 11.4 Å². The number of nitrogens with zero attached hydrogens (tertiary/aromatic N) is 1. The van der Waals surface area contributed by atoms with E-state index in [0.717, 1.165) is 4.90 Å². The van der Waals surface area contributed by atoms with E-state index in [-0.39, 0.29) is 5.11 Å². The lowest BCUT2D eigenvalue weighted by atomic mass is 10.2. The monoisotopic (exact) mass is 292 g/mol. The van der Waals surface area contributed by atoms with Crippen molar-refractivity contribution in [3.8, 4) is 0 Å². The van der Waals surface area contributed by atoms with Gasteiger partial charge in [-0.05, 0) is 47.8 Å². The van der Waals surface area contributed by atoms with E-state index in [1.54, 1.807) is 47.8 Å². The van der Waals surface area contributed by atoms with Gasteiger partial charge in [-0.3, -0.25) is 5.73 Å². The molecule has 0 heterocycles. The van der Waals surface area contributed by atoms with Gasteiger partial charge in [-0.15, -0.1) is 0 Å². The van der Waals surface area contributed by atoms with Crippen LogP contribution >= 0.6 is 11.4 Å². The second-order valence-electron chi connectivity index (χ2n) is 5.88. The van der Waals surface area contributed by atoms with E-state index in [1.165, 1.54) is 0 Å². The Morgan fingerprint density at radius 2 is 1.26 bits per heavy atom. The van der Waals surface area contributed by atoms with Crippen molar-refractivity contribution in [3.63, 3.8) is 0 Å². The number of carbonyl (C=O) groups excluding carboxylic acids is 2. The summed E-state index contributed by atoms with van der Waals surface area (Å²) in [6.07, 6.45) is 0.0269. The number of hydrogen-bond acceptors (Lipinski definition) is 4. The molecule has 0 aliphatic heterocycles. The molecule has 0 atom stereocenters. The zero-order chi connectivity index (χ0) is 15.4. The highest BCUT2D eigenvalue weighted by atomic mass is 32.1. The van der Waals surface area contributed by atoms with Gasteiger partial charge in [-0.1, -0.05) is 0 Å². The van der Waals surface area contributed by atoms with E-state index in [1.807, 2.05) is 0 Å². The number of ether oxygens (including phenoxy) is 2. The second kappa shape index (κ2) is 6.38. The Bertz CT molecular complexity index is 352. The standard InChI is InChI=1S/C12H24N2O4S/c1-11(2,3)17-9(15)14(8(13)19-7)10(16)18-12(4,5)6/h19H,13H2,1-7H3. The number of hydrogen-bond donors (Lipinski definition) is 2. The molecule has 0 aliphatic rings. The minimum absolute atomic E-state index is 0.0588. The first-order chi connectivity index (χ1) is 8.37. The maximum absolute atomic E-state index is 12.0. The van der Waals surface area contributed by atoms with Gasteiger partial charge in [-0.2, -0.15) is 16.3 Å². The third-order valence-corrected chi connectivity index (χ3v) is 2.27. The zero-order valence-corrected chi connectivity index (χ0v) is 13.5. The second-order valence-corrected chi connectivity index (χ2v) is 6.78. The Morgan fingerprint density at radius 1 is 0.947 bits per heavy atom. The molecule has 0 saturated heterocycles. The van der Waals surface area contributed by atoms with Gasteiger partial charge in [0.1, 0.15) is 16.3 Å². The molecule has 112 valence electrons. The van der Waals surface area contributed by atoms with Crippen LogP contribution in [0, 0.1) is 0 Å². The third kappa shape index (κ3) is 7.17. The quantitative estimate of drug-likeness (QED) is 0.529. The van der Waals surface area contributed by atoms with Crippen molar-refractivity contribution in [1.82, 2.24) is 4.90 Å². The van der Waals surface area contributed by atoms with Gasteiger partial charge in [0.25, 0.3) is 0 Å². The summed E-state index contributed by atoms with van der Waals surface area (Å²) in [5.41, 5.74) is 4.25. The lowest BCUT2D eigenvalue weighted by Crippen LogP contribution is -2.49. The van der Waals surface area contributed by atoms with Gasteiger partial charge in [0, 0.05) is 0 Å². The van der Waals surface area contributed by atoms with Crippen molar-refractivity contribution in [2.24, 2.45) is 5.73 Å². The Balaban J connectivity index is 5.14. The largest absolute Gasteiger partial charge is 0.443 e. The van der Waals surface area contributed by atoms with Crippen LogP contribution in [0.5, 0.6) is 0 Å². The smallest absolute Gasteiger partial charge is 0.425 e. The minimum atomic E-state index is -0.839. The van der Waals surface area contributed by atoms with Crippen molar-refractivity contribution in [2.45, 2.75) is 52.7 Å². The molecule has 0 fully saturated rings. The summed E-state index contributed by atoms with van der Waals surface area (Å²) in [5.74, 6) is 0. The maximum Gasteiger partial charge on any atom is 0.425 e. The van der Waals surface area contributed by atoms with Crippen LogP contribution in [0.2, 0.25) is 0 Å². The summed E-state index contributed by atoms with van der Waals surface area (Å²) >= 11 is 0.575. The lowest BCUT2D eigenvalue weighted by molar-refractivity contribution is 0.0150. The molecule has 2 N–H and O–H groups in total. The molecule has 0 rings (SSSR count). The molecule has 7 heteroatoms. The predicted molar refractivity (Wildman–Crippen MR) is 78.4 cm³/mol. The van der Waals surface area contributed by atoms with Crippen LogP contribution in [0.4, 0.5) is 9.59 Å². The number of nitrogens with two attached hydrogens (primary N) is 1. The molecule has 0 spiro atoms. The van der Waals surface area contributed by atoms with E-state index in [2.05, 4.69) is 0 Å². The third-order valence-electron chi connectivity index (χ3n) is 1.61. The SMILES string of the molecule is C[SH]=C(N)N(C(=O)OC(C)(C)C)C(=O)OC(C)(C)C. The van der Waals surface area contributed by atoms with Crippen molar-refractivity contribution in [1.29, 1.82) is 0 Å². The summed E-state index contributed by atoms with van der Waals surface area (Å²) in [6.45, 7) is 10.2. The highest BCUT2D eigenvalue weighted by Crippen LogP contribution is 2.14. The van der Waals surface area contributed by atoms with Gasteiger partial charge in [0.05, 0.1) is 0 Å². The van der Waals surface area contributed by atoms with Gasteiger partial charge in [-0.25, -0.2) is 9.59 Å². The van der Waals surface area contributed by atoms with Crippen LogP contribution in [-0.4, -0.2) is 39.7 Å². The molecular formula is C12H24N2O4S. The fourth-order valence-electron chi connectivity index (χ4n) is 0.977. The number of amides is 2. The maximum atomic E-state index is 12.0. The van der Waals surface area contributed by atoms with E-state index in [9.17, 15) is 9.59 Å². The van der Waals surface area contributed by atoms with Gasteiger partial charge in [0.2, 0.25) is 0 Å². The van der Waals surface area contributed by atoms with E-state index < -0.39 is 23.4 Å². The van der Waals surface area contributed by atoms with Crippen LogP contribution in [0.25, 0.3) is 0 Å². The van der Waals surface area contributed by atoms with Crippen molar-refractivity contribution < 1.29 is 19.1 Å². The Hall–Kier alpha value is -1.08. The number of imide groups is 1. The predicted octanol–water partition coefficient (Wildman–Crippen LogP) is 2.30. The lowest BCUT2D eigenvalue weighted by Gasteiger charge is -2.28. The van der Waals surface area contributed by atoms with Crippen LogP contribution in [-0.2, 0) is 9.47 Å². The average Bonchev–Trinajstić information content (AvgIpc) is 2.11. The summed E-state index contributed by atoms with van der Waals surface area (Å²) in [7, 11) is 0. The first kappa shape index (κ1) is 17.9. The van der Waals surface area contributed by atoms with Gasteiger partial charge >= 0.3 is 12.2 Å². The summed E-state index contributed by atoms with van der Waals surface area (Å²) in [4.78, 5) is 24.7. The highest BCUT2D eigenvalue weighted by molar-refractivity contribution is 7.97. The summed E-state index contributed by atoms with van der Waals surface area (Å²) in [5, 5.41) is 0.0588. The molecule has 19 heavy (non-hydrogen) atoms. The fraction of sp³-hybridized carbons (Fsp3) is 0.750. The zero-order valence-electron chi connectivity index (χ0n) is 12.6. The molecular weight excluding hydrogens is 268 g/mol.